The Labute approximate surface area is 125 Å². The standard InChI is InChI=1S/C17H20N2O2/c1-20-15-3-5-16(6-4-15)21-11-10-19-9-8-13-12-14(18)2-7-17(13)19/h2-7,12H,8-11,18H2,1H3. The van der Waals surface area contributed by atoms with Gasteiger partial charge in [0.05, 0.1) is 13.7 Å². The van der Waals surface area contributed by atoms with E-state index >= 15 is 0 Å². The number of methoxy groups -OCH3 is 1. The number of nitrogens with two attached hydrogens (primary N) is 1. The number of hydrogen-bond acceptors (Lipinski definition) is 4. The van der Waals surface area contributed by atoms with Gasteiger partial charge in [0.25, 0.3) is 0 Å². The third kappa shape index (κ3) is 3.05. The Hall–Kier alpha value is -2.36. The first-order valence-electron chi connectivity index (χ1n) is 7.16. The van der Waals surface area contributed by atoms with E-state index in [0.29, 0.717) is 6.61 Å². The summed E-state index contributed by atoms with van der Waals surface area (Å²) in [7, 11) is 1.66. The minimum absolute atomic E-state index is 0.663. The van der Waals surface area contributed by atoms with Crippen LogP contribution in [0, 0.1) is 0 Å². The normalized spacial score (nSPS) is 13.1. The van der Waals surface area contributed by atoms with Crippen molar-refractivity contribution in [3.8, 4) is 11.5 Å². The van der Waals surface area contributed by atoms with Gasteiger partial charge in [0.2, 0.25) is 0 Å². The molecule has 0 saturated carbocycles. The molecule has 0 atom stereocenters. The molecule has 0 unspecified atom stereocenters. The zero-order valence-corrected chi connectivity index (χ0v) is 12.2. The smallest absolute Gasteiger partial charge is 0.119 e. The highest BCUT2D eigenvalue weighted by atomic mass is 16.5. The van der Waals surface area contributed by atoms with Crippen molar-refractivity contribution in [2.75, 3.05) is 37.4 Å². The highest BCUT2D eigenvalue weighted by molar-refractivity contribution is 5.62. The van der Waals surface area contributed by atoms with E-state index in [1.165, 1.54) is 11.3 Å². The molecular weight excluding hydrogens is 264 g/mol. The molecule has 1 heterocycles. The Morgan fingerprint density at radius 3 is 2.62 bits per heavy atom. The molecule has 3 rings (SSSR count). The average Bonchev–Trinajstić information content (AvgIpc) is 2.90. The van der Waals surface area contributed by atoms with Gasteiger partial charge >= 0.3 is 0 Å². The number of nitrogens with zero attached hydrogens (tertiary/aromatic N) is 1. The number of nitrogen functional groups attached to an aromatic ring is 1. The summed E-state index contributed by atoms with van der Waals surface area (Å²) < 4.78 is 10.9. The quantitative estimate of drug-likeness (QED) is 0.858. The van der Waals surface area contributed by atoms with Crippen LogP contribution in [-0.2, 0) is 6.42 Å². The van der Waals surface area contributed by atoms with Crippen molar-refractivity contribution in [2.45, 2.75) is 6.42 Å². The first-order valence-corrected chi connectivity index (χ1v) is 7.16. The van der Waals surface area contributed by atoms with Gasteiger partial charge in [0, 0.05) is 17.9 Å². The lowest BCUT2D eigenvalue weighted by Gasteiger charge is -2.19. The van der Waals surface area contributed by atoms with Crippen LogP contribution in [0.4, 0.5) is 11.4 Å². The summed E-state index contributed by atoms with van der Waals surface area (Å²) in [5, 5.41) is 0. The molecule has 1 aliphatic rings. The zero-order chi connectivity index (χ0) is 14.7. The summed E-state index contributed by atoms with van der Waals surface area (Å²) in [5.74, 6) is 1.71. The van der Waals surface area contributed by atoms with Crippen molar-refractivity contribution in [1.82, 2.24) is 0 Å². The number of fused-ring (bicyclic) bond motifs is 1. The monoisotopic (exact) mass is 284 g/mol. The summed E-state index contributed by atoms with van der Waals surface area (Å²) in [6, 6.07) is 13.8. The number of benzene rings is 2. The summed E-state index contributed by atoms with van der Waals surface area (Å²) in [6.45, 7) is 2.57. The van der Waals surface area contributed by atoms with Crippen molar-refractivity contribution < 1.29 is 9.47 Å². The van der Waals surface area contributed by atoms with Gasteiger partial charge in [-0.3, -0.25) is 0 Å². The Kier molecular flexibility index (Phi) is 3.86. The van der Waals surface area contributed by atoms with E-state index in [-0.39, 0.29) is 0 Å². The number of ether oxygens (including phenoxy) is 2. The molecule has 0 radical (unpaired) electrons. The van der Waals surface area contributed by atoms with Gasteiger partial charge in [-0.25, -0.2) is 0 Å². The topological polar surface area (TPSA) is 47.7 Å². The predicted molar refractivity (Wildman–Crippen MR) is 85.3 cm³/mol. The second-order valence-electron chi connectivity index (χ2n) is 5.15. The first kappa shape index (κ1) is 13.6. The van der Waals surface area contributed by atoms with Crippen LogP contribution in [0.1, 0.15) is 5.56 Å². The second-order valence-corrected chi connectivity index (χ2v) is 5.15. The third-order valence-corrected chi connectivity index (χ3v) is 3.78. The SMILES string of the molecule is COc1ccc(OCCN2CCc3cc(N)ccc32)cc1. The molecule has 0 aromatic heterocycles. The number of anilines is 2. The van der Waals surface area contributed by atoms with Crippen LogP contribution in [0.5, 0.6) is 11.5 Å². The molecule has 1 aliphatic heterocycles. The summed E-state index contributed by atoms with van der Waals surface area (Å²) in [5.41, 5.74) is 9.27. The minimum atomic E-state index is 0.663. The van der Waals surface area contributed by atoms with Gasteiger partial charge in [0.1, 0.15) is 18.1 Å². The molecule has 2 aromatic carbocycles. The maximum absolute atomic E-state index is 5.82. The van der Waals surface area contributed by atoms with E-state index in [1.54, 1.807) is 7.11 Å². The summed E-state index contributed by atoms with van der Waals surface area (Å²) >= 11 is 0. The van der Waals surface area contributed by atoms with Crippen LogP contribution in [0.25, 0.3) is 0 Å². The van der Waals surface area contributed by atoms with Gasteiger partial charge in [-0.05, 0) is 54.4 Å². The van der Waals surface area contributed by atoms with Crippen molar-refractivity contribution >= 4 is 11.4 Å². The minimum Gasteiger partial charge on any atom is -0.497 e. The van der Waals surface area contributed by atoms with E-state index < -0.39 is 0 Å². The Morgan fingerprint density at radius 2 is 1.86 bits per heavy atom. The van der Waals surface area contributed by atoms with Crippen molar-refractivity contribution in [3.05, 3.63) is 48.0 Å². The van der Waals surface area contributed by atoms with E-state index in [0.717, 1.165) is 36.7 Å². The lowest BCUT2D eigenvalue weighted by atomic mass is 10.1. The number of rotatable bonds is 5. The van der Waals surface area contributed by atoms with E-state index in [4.69, 9.17) is 15.2 Å². The molecule has 0 saturated heterocycles. The molecule has 0 aliphatic carbocycles. The lowest BCUT2D eigenvalue weighted by Crippen LogP contribution is -2.26. The van der Waals surface area contributed by atoms with Crippen LogP contribution >= 0.6 is 0 Å². The van der Waals surface area contributed by atoms with Crippen LogP contribution < -0.4 is 20.1 Å². The van der Waals surface area contributed by atoms with Crippen molar-refractivity contribution in [2.24, 2.45) is 0 Å². The third-order valence-electron chi connectivity index (χ3n) is 3.78. The summed E-state index contributed by atoms with van der Waals surface area (Å²) in [4.78, 5) is 2.35. The molecule has 0 fully saturated rings. The molecule has 0 amide bonds. The largest absolute Gasteiger partial charge is 0.497 e. The van der Waals surface area contributed by atoms with Crippen molar-refractivity contribution in [1.29, 1.82) is 0 Å². The molecule has 2 aromatic rings. The van der Waals surface area contributed by atoms with E-state index in [2.05, 4.69) is 17.0 Å². The Bertz CT molecular complexity index is 611. The van der Waals surface area contributed by atoms with Gasteiger partial charge in [-0.1, -0.05) is 0 Å². The van der Waals surface area contributed by atoms with Gasteiger partial charge in [-0.15, -0.1) is 0 Å². The Balaban J connectivity index is 1.55. The fraction of sp³-hybridized carbons (Fsp3) is 0.294. The fourth-order valence-corrected chi connectivity index (χ4v) is 2.67. The van der Waals surface area contributed by atoms with Crippen LogP contribution in [0.2, 0.25) is 0 Å². The zero-order valence-electron chi connectivity index (χ0n) is 12.2. The number of hydrogen-bond donors (Lipinski definition) is 1. The Morgan fingerprint density at radius 1 is 1.10 bits per heavy atom. The molecule has 0 bridgehead atoms. The van der Waals surface area contributed by atoms with Crippen LogP contribution in [0.15, 0.2) is 42.5 Å². The predicted octanol–water partition coefficient (Wildman–Crippen LogP) is 2.72. The van der Waals surface area contributed by atoms with Gasteiger partial charge in [0.15, 0.2) is 0 Å². The van der Waals surface area contributed by atoms with Gasteiger partial charge < -0.3 is 20.1 Å². The molecular formula is C17H20N2O2. The first-order chi connectivity index (χ1) is 10.3. The van der Waals surface area contributed by atoms with Gasteiger partial charge in [-0.2, -0.15) is 0 Å². The van der Waals surface area contributed by atoms with E-state index in [9.17, 15) is 0 Å². The van der Waals surface area contributed by atoms with Crippen LogP contribution in [0.3, 0.4) is 0 Å². The lowest BCUT2D eigenvalue weighted by molar-refractivity contribution is 0.323. The molecule has 4 nitrogen and oxygen atoms in total. The summed E-state index contributed by atoms with van der Waals surface area (Å²) in [6.07, 6.45) is 1.06. The molecule has 21 heavy (non-hydrogen) atoms. The second kappa shape index (κ2) is 5.95. The molecule has 110 valence electrons. The van der Waals surface area contributed by atoms with Crippen LogP contribution in [-0.4, -0.2) is 26.8 Å². The molecule has 4 heteroatoms. The molecule has 0 spiro atoms. The molecule has 2 N–H and O–H groups in total. The maximum atomic E-state index is 5.82. The fourth-order valence-electron chi connectivity index (χ4n) is 2.67. The van der Waals surface area contributed by atoms with E-state index in [1.807, 2.05) is 30.3 Å². The highest BCUT2D eigenvalue weighted by Crippen LogP contribution is 2.29. The van der Waals surface area contributed by atoms with Crippen molar-refractivity contribution in [3.63, 3.8) is 0 Å². The highest BCUT2D eigenvalue weighted by Gasteiger charge is 2.18. The average molecular weight is 284 g/mol. The maximum Gasteiger partial charge on any atom is 0.119 e.